The van der Waals surface area contributed by atoms with E-state index in [1.54, 1.807) is 18.2 Å². The molecule has 1 aromatic heterocycles. The van der Waals surface area contributed by atoms with Gasteiger partial charge >= 0.3 is 5.92 Å². The molecule has 0 aliphatic carbocycles. The minimum Gasteiger partial charge on any atom is -0.341 e. The van der Waals surface area contributed by atoms with Crippen LogP contribution >= 0.6 is 0 Å². The van der Waals surface area contributed by atoms with Crippen molar-refractivity contribution in [2.45, 2.75) is 25.2 Å². The molecule has 0 unspecified atom stereocenters. The molecule has 0 radical (unpaired) electrons. The maximum atomic E-state index is 14.4. The van der Waals surface area contributed by atoms with Crippen molar-refractivity contribution in [2.75, 3.05) is 18.0 Å². The van der Waals surface area contributed by atoms with E-state index in [4.69, 9.17) is 0 Å². The molecular weight excluding hydrogens is 272 g/mol. The number of rotatable bonds is 3. The monoisotopic (exact) mass is 289 g/mol. The molecule has 0 saturated carbocycles. The SMILES string of the molecule is FC(F)(c1ccccc1)c1cnc(N2CCCCC2)nc1. The number of anilines is 1. The van der Waals surface area contributed by atoms with Crippen LogP contribution in [-0.4, -0.2) is 23.1 Å². The van der Waals surface area contributed by atoms with E-state index in [1.165, 1.54) is 30.9 Å². The Kier molecular flexibility index (Phi) is 3.82. The fraction of sp³-hybridized carbons (Fsp3) is 0.375. The number of hydrogen-bond donors (Lipinski definition) is 0. The predicted molar refractivity (Wildman–Crippen MR) is 77.5 cm³/mol. The third kappa shape index (κ3) is 2.86. The van der Waals surface area contributed by atoms with E-state index in [0.29, 0.717) is 5.95 Å². The van der Waals surface area contributed by atoms with Crippen molar-refractivity contribution in [3.8, 4) is 0 Å². The Labute approximate surface area is 122 Å². The van der Waals surface area contributed by atoms with E-state index in [0.717, 1.165) is 25.9 Å². The Morgan fingerprint density at radius 3 is 2.10 bits per heavy atom. The topological polar surface area (TPSA) is 29.0 Å². The minimum absolute atomic E-state index is 0.0423. The molecule has 3 rings (SSSR count). The highest BCUT2D eigenvalue weighted by Crippen LogP contribution is 2.34. The van der Waals surface area contributed by atoms with Crippen LogP contribution in [0.3, 0.4) is 0 Å². The van der Waals surface area contributed by atoms with Gasteiger partial charge < -0.3 is 4.90 Å². The van der Waals surface area contributed by atoms with E-state index in [9.17, 15) is 8.78 Å². The normalized spacial score (nSPS) is 16.0. The van der Waals surface area contributed by atoms with E-state index in [-0.39, 0.29) is 11.1 Å². The zero-order chi connectivity index (χ0) is 14.7. The maximum absolute atomic E-state index is 14.4. The fourth-order valence-corrected chi connectivity index (χ4v) is 2.55. The summed E-state index contributed by atoms with van der Waals surface area (Å²) in [6, 6.07) is 7.75. The largest absolute Gasteiger partial charge is 0.341 e. The van der Waals surface area contributed by atoms with Crippen molar-refractivity contribution in [1.29, 1.82) is 0 Å². The van der Waals surface area contributed by atoms with Crippen LogP contribution in [0.1, 0.15) is 30.4 Å². The molecule has 3 nitrogen and oxygen atoms in total. The van der Waals surface area contributed by atoms with Crippen molar-refractivity contribution >= 4 is 5.95 Å². The molecule has 2 heterocycles. The van der Waals surface area contributed by atoms with Gasteiger partial charge in [0.15, 0.2) is 0 Å². The molecule has 1 fully saturated rings. The van der Waals surface area contributed by atoms with Crippen LogP contribution in [0.25, 0.3) is 0 Å². The highest BCUT2D eigenvalue weighted by Gasteiger charge is 2.34. The molecule has 2 aromatic rings. The number of nitrogens with zero attached hydrogens (tertiary/aromatic N) is 3. The van der Waals surface area contributed by atoms with Gasteiger partial charge in [-0.15, -0.1) is 0 Å². The van der Waals surface area contributed by atoms with Crippen LogP contribution in [0, 0.1) is 0 Å². The first kappa shape index (κ1) is 13.9. The zero-order valence-corrected chi connectivity index (χ0v) is 11.7. The van der Waals surface area contributed by atoms with Crippen LogP contribution < -0.4 is 4.90 Å². The number of hydrogen-bond acceptors (Lipinski definition) is 3. The summed E-state index contributed by atoms with van der Waals surface area (Å²) in [4.78, 5) is 10.3. The molecule has 0 spiro atoms. The van der Waals surface area contributed by atoms with Crippen LogP contribution in [-0.2, 0) is 5.92 Å². The summed E-state index contributed by atoms with van der Waals surface area (Å²) in [7, 11) is 0. The van der Waals surface area contributed by atoms with Gasteiger partial charge in [0.25, 0.3) is 0 Å². The van der Waals surface area contributed by atoms with Gasteiger partial charge in [0, 0.05) is 31.0 Å². The number of halogens is 2. The number of benzene rings is 1. The summed E-state index contributed by atoms with van der Waals surface area (Å²) in [6.07, 6.45) is 5.89. The van der Waals surface area contributed by atoms with Crippen molar-refractivity contribution < 1.29 is 8.78 Å². The summed E-state index contributed by atoms with van der Waals surface area (Å²) in [5, 5.41) is 0. The molecule has 110 valence electrons. The van der Waals surface area contributed by atoms with Crippen molar-refractivity contribution in [3.05, 3.63) is 53.9 Å². The molecular formula is C16H17F2N3. The maximum Gasteiger partial charge on any atom is 0.301 e. The molecule has 0 bridgehead atoms. The quantitative estimate of drug-likeness (QED) is 0.864. The average Bonchev–Trinajstić information content (AvgIpc) is 2.57. The smallest absolute Gasteiger partial charge is 0.301 e. The summed E-state index contributed by atoms with van der Waals surface area (Å²) >= 11 is 0. The van der Waals surface area contributed by atoms with Gasteiger partial charge in [-0.05, 0) is 19.3 Å². The van der Waals surface area contributed by atoms with Gasteiger partial charge in [-0.2, -0.15) is 8.78 Å². The molecule has 1 aliphatic rings. The first-order valence-electron chi connectivity index (χ1n) is 7.19. The van der Waals surface area contributed by atoms with Gasteiger partial charge in [0.2, 0.25) is 5.95 Å². The lowest BCUT2D eigenvalue weighted by atomic mass is 10.0. The number of piperidine rings is 1. The zero-order valence-electron chi connectivity index (χ0n) is 11.7. The molecule has 1 aliphatic heterocycles. The molecule has 0 atom stereocenters. The third-order valence-electron chi connectivity index (χ3n) is 3.78. The summed E-state index contributed by atoms with van der Waals surface area (Å²) in [5.74, 6) is -2.52. The standard InChI is InChI=1S/C16H17F2N3/c17-16(18,13-7-3-1-4-8-13)14-11-19-15(20-12-14)21-9-5-2-6-10-21/h1,3-4,7-8,11-12H,2,5-6,9-10H2. The first-order valence-corrected chi connectivity index (χ1v) is 7.19. The van der Waals surface area contributed by atoms with Gasteiger partial charge in [-0.25, -0.2) is 9.97 Å². The van der Waals surface area contributed by atoms with Gasteiger partial charge in [0.05, 0.1) is 5.56 Å². The lowest BCUT2D eigenvalue weighted by molar-refractivity contribution is 0.0421. The van der Waals surface area contributed by atoms with E-state index in [2.05, 4.69) is 9.97 Å². The van der Waals surface area contributed by atoms with Gasteiger partial charge in [-0.1, -0.05) is 30.3 Å². The highest BCUT2D eigenvalue weighted by molar-refractivity contribution is 5.35. The summed E-state index contributed by atoms with van der Waals surface area (Å²) < 4.78 is 28.7. The fourth-order valence-electron chi connectivity index (χ4n) is 2.55. The molecule has 21 heavy (non-hydrogen) atoms. The summed E-state index contributed by atoms with van der Waals surface area (Å²) in [5.41, 5.74) is -0.214. The Hall–Kier alpha value is -2.04. The Balaban J connectivity index is 1.83. The Morgan fingerprint density at radius 2 is 1.48 bits per heavy atom. The van der Waals surface area contributed by atoms with Gasteiger partial charge in [0.1, 0.15) is 0 Å². The van der Waals surface area contributed by atoms with E-state index >= 15 is 0 Å². The Morgan fingerprint density at radius 1 is 0.857 bits per heavy atom. The molecule has 0 N–H and O–H groups in total. The third-order valence-corrected chi connectivity index (χ3v) is 3.78. The lowest BCUT2D eigenvalue weighted by Gasteiger charge is -2.26. The van der Waals surface area contributed by atoms with Crippen LogP contribution in [0.2, 0.25) is 0 Å². The van der Waals surface area contributed by atoms with Crippen molar-refractivity contribution in [3.63, 3.8) is 0 Å². The minimum atomic E-state index is -3.07. The van der Waals surface area contributed by atoms with Crippen LogP contribution in [0.4, 0.5) is 14.7 Å². The molecule has 1 aromatic carbocycles. The Bertz CT molecular complexity index is 578. The molecule has 0 amide bonds. The summed E-state index contributed by atoms with van der Waals surface area (Å²) in [6.45, 7) is 1.79. The van der Waals surface area contributed by atoms with Crippen LogP contribution in [0.5, 0.6) is 0 Å². The van der Waals surface area contributed by atoms with Crippen molar-refractivity contribution in [1.82, 2.24) is 9.97 Å². The molecule has 5 heteroatoms. The lowest BCUT2D eigenvalue weighted by Crippen LogP contribution is -2.31. The average molecular weight is 289 g/mol. The van der Waals surface area contributed by atoms with Gasteiger partial charge in [-0.3, -0.25) is 0 Å². The van der Waals surface area contributed by atoms with E-state index < -0.39 is 5.92 Å². The van der Waals surface area contributed by atoms with Crippen LogP contribution in [0.15, 0.2) is 42.7 Å². The number of aromatic nitrogens is 2. The second-order valence-electron chi connectivity index (χ2n) is 5.26. The number of alkyl halides is 2. The van der Waals surface area contributed by atoms with Crippen molar-refractivity contribution in [2.24, 2.45) is 0 Å². The second-order valence-corrected chi connectivity index (χ2v) is 5.26. The molecule has 1 saturated heterocycles. The first-order chi connectivity index (χ1) is 10.2. The second kappa shape index (κ2) is 5.76. The highest BCUT2D eigenvalue weighted by atomic mass is 19.3. The van der Waals surface area contributed by atoms with E-state index in [1.807, 2.05) is 4.90 Å². The predicted octanol–water partition coefficient (Wildman–Crippen LogP) is 3.61.